The Morgan fingerprint density at radius 1 is 1.00 bits per heavy atom. The van der Waals surface area contributed by atoms with Crippen molar-refractivity contribution in [3.63, 3.8) is 0 Å². The Kier molecular flexibility index (Phi) is 8.68. The molecule has 1 unspecified atom stereocenters. The van der Waals surface area contributed by atoms with E-state index in [9.17, 15) is 14.4 Å². The molecular weight excluding hydrogens is 493 g/mol. The van der Waals surface area contributed by atoms with Crippen LogP contribution in [0.2, 0.25) is 10.0 Å². The molecular formula is C25H23Cl2N3O5. The molecule has 0 radical (unpaired) electrons. The van der Waals surface area contributed by atoms with Crippen LogP contribution in [0.15, 0.2) is 64.1 Å². The van der Waals surface area contributed by atoms with Gasteiger partial charge in [-0.25, -0.2) is 10.2 Å². The molecule has 0 aliphatic carbocycles. The number of ether oxygens (including phenoxy) is 1. The normalized spacial score (nSPS) is 11.9. The van der Waals surface area contributed by atoms with Crippen LogP contribution in [0.1, 0.15) is 40.3 Å². The minimum atomic E-state index is -0.845. The van der Waals surface area contributed by atoms with Gasteiger partial charge in [0.15, 0.2) is 0 Å². The largest absolute Gasteiger partial charge is 0.465 e. The Labute approximate surface area is 212 Å². The fraction of sp³-hybridized carbons (Fsp3) is 0.200. The van der Waals surface area contributed by atoms with E-state index in [1.165, 1.54) is 31.5 Å². The number of methoxy groups -OCH3 is 1. The van der Waals surface area contributed by atoms with E-state index in [0.29, 0.717) is 27.7 Å². The highest BCUT2D eigenvalue weighted by Gasteiger charge is 2.24. The molecule has 2 amide bonds. The third-order valence-electron chi connectivity index (χ3n) is 4.98. The number of hydrogen-bond donors (Lipinski definition) is 2. The molecule has 2 aromatic carbocycles. The van der Waals surface area contributed by atoms with E-state index in [0.717, 1.165) is 0 Å². The van der Waals surface area contributed by atoms with Crippen molar-refractivity contribution in [3.8, 4) is 11.3 Å². The number of hydrogen-bond acceptors (Lipinski definition) is 6. The summed E-state index contributed by atoms with van der Waals surface area (Å²) in [5, 5.41) is 7.19. The van der Waals surface area contributed by atoms with Crippen LogP contribution in [-0.4, -0.2) is 37.1 Å². The summed E-state index contributed by atoms with van der Waals surface area (Å²) in [4.78, 5) is 37.0. The van der Waals surface area contributed by atoms with Crippen molar-refractivity contribution in [2.24, 2.45) is 11.0 Å². The van der Waals surface area contributed by atoms with Crippen molar-refractivity contribution in [2.45, 2.75) is 19.9 Å². The minimum absolute atomic E-state index is 0.214. The van der Waals surface area contributed by atoms with Crippen LogP contribution in [0, 0.1) is 5.92 Å². The molecule has 0 saturated carbocycles. The lowest BCUT2D eigenvalue weighted by Gasteiger charge is -2.20. The van der Waals surface area contributed by atoms with Gasteiger partial charge >= 0.3 is 5.97 Å². The summed E-state index contributed by atoms with van der Waals surface area (Å²) in [5.41, 5.74) is 3.77. The number of esters is 1. The Morgan fingerprint density at radius 2 is 1.77 bits per heavy atom. The number of carbonyl (C=O) groups is 3. The Bertz CT molecular complexity index is 1270. The van der Waals surface area contributed by atoms with Crippen molar-refractivity contribution in [3.05, 3.63) is 81.5 Å². The zero-order valence-corrected chi connectivity index (χ0v) is 20.7. The summed E-state index contributed by atoms with van der Waals surface area (Å²) >= 11 is 11.9. The Hall–Kier alpha value is -3.62. The number of furan rings is 1. The summed E-state index contributed by atoms with van der Waals surface area (Å²) in [6.07, 6.45) is 1.34. The molecule has 0 spiro atoms. The van der Waals surface area contributed by atoms with Crippen molar-refractivity contribution in [2.75, 3.05) is 7.11 Å². The number of halogens is 2. The molecule has 8 nitrogen and oxygen atoms in total. The molecule has 3 aromatic rings. The van der Waals surface area contributed by atoms with Gasteiger partial charge in [0.05, 0.1) is 28.9 Å². The lowest BCUT2D eigenvalue weighted by molar-refractivity contribution is -0.123. The lowest BCUT2D eigenvalue weighted by atomic mass is 10.0. The van der Waals surface area contributed by atoms with Gasteiger partial charge < -0.3 is 14.5 Å². The molecule has 2 N–H and O–H groups in total. The van der Waals surface area contributed by atoms with Crippen LogP contribution in [0.5, 0.6) is 0 Å². The summed E-state index contributed by atoms with van der Waals surface area (Å²) < 4.78 is 10.5. The number of hydrazone groups is 1. The second-order valence-electron chi connectivity index (χ2n) is 7.83. The number of rotatable bonds is 8. The first-order chi connectivity index (χ1) is 16.7. The van der Waals surface area contributed by atoms with E-state index >= 15 is 0 Å². The second kappa shape index (κ2) is 11.7. The maximum atomic E-state index is 12.7. The quantitative estimate of drug-likeness (QED) is 0.250. The number of nitrogens with one attached hydrogen (secondary N) is 2. The van der Waals surface area contributed by atoms with E-state index in [4.69, 9.17) is 32.4 Å². The van der Waals surface area contributed by atoms with Gasteiger partial charge in [-0.2, -0.15) is 5.10 Å². The van der Waals surface area contributed by atoms with Crippen LogP contribution < -0.4 is 10.7 Å². The molecule has 0 aliphatic heterocycles. The highest BCUT2D eigenvalue weighted by Crippen LogP contribution is 2.24. The standard InChI is InChI=1S/C25H23Cl2N3O5/c1-14(2)22(29-23(31)16-7-9-19(26)20(27)12-16)24(32)30-28-13-18-8-10-21(35-18)15-5-4-6-17(11-15)25(33)34-3/h4-14,22H,1-3H3,(H,29,31)(H,30,32). The average molecular weight is 516 g/mol. The molecule has 182 valence electrons. The fourth-order valence-electron chi connectivity index (χ4n) is 3.12. The minimum Gasteiger partial charge on any atom is -0.465 e. The molecule has 1 aromatic heterocycles. The van der Waals surface area contributed by atoms with Crippen LogP contribution in [0.25, 0.3) is 11.3 Å². The summed E-state index contributed by atoms with van der Waals surface area (Å²) in [7, 11) is 1.31. The zero-order valence-electron chi connectivity index (χ0n) is 19.2. The average Bonchev–Trinajstić information content (AvgIpc) is 3.32. The number of carbonyl (C=O) groups excluding carboxylic acids is 3. The van der Waals surface area contributed by atoms with Crippen LogP contribution in [0.3, 0.4) is 0 Å². The van der Waals surface area contributed by atoms with Gasteiger partial charge in [-0.15, -0.1) is 0 Å². The van der Waals surface area contributed by atoms with Crippen molar-refractivity contribution < 1.29 is 23.5 Å². The molecule has 10 heteroatoms. The summed E-state index contributed by atoms with van der Waals surface area (Å²) in [5.74, 6) is -0.737. The highest BCUT2D eigenvalue weighted by molar-refractivity contribution is 6.42. The molecule has 0 bridgehead atoms. The maximum absolute atomic E-state index is 12.7. The Balaban J connectivity index is 1.64. The van der Waals surface area contributed by atoms with Crippen LogP contribution >= 0.6 is 23.2 Å². The van der Waals surface area contributed by atoms with E-state index in [2.05, 4.69) is 15.8 Å². The third kappa shape index (κ3) is 6.71. The van der Waals surface area contributed by atoms with E-state index in [1.807, 2.05) is 0 Å². The number of nitrogens with zero attached hydrogens (tertiary/aromatic N) is 1. The SMILES string of the molecule is COC(=O)c1cccc(-c2ccc(C=NNC(=O)C(NC(=O)c3ccc(Cl)c(Cl)c3)C(C)C)o2)c1. The van der Waals surface area contributed by atoms with Crippen LogP contribution in [0.4, 0.5) is 0 Å². The molecule has 1 heterocycles. The summed E-state index contributed by atoms with van der Waals surface area (Å²) in [6, 6.07) is 13.8. The first-order valence-corrected chi connectivity index (χ1v) is 11.3. The molecule has 3 rings (SSSR count). The molecule has 0 aliphatic rings. The fourth-order valence-corrected chi connectivity index (χ4v) is 3.42. The molecule has 0 fully saturated rings. The number of benzene rings is 2. The smallest absolute Gasteiger partial charge is 0.337 e. The van der Waals surface area contributed by atoms with Gasteiger partial charge in [0.25, 0.3) is 11.8 Å². The van der Waals surface area contributed by atoms with Gasteiger partial charge in [0.2, 0.25) is 0 Å². The van der Waals surface area contributed by atoms with Crippen molar-refractivity contribution in [1.82, 2.24) is 10.7 Å². The molecule has 35 heavy (non-hydrogen) atoms. The second-order valence-corrected chi connectivity index (χ2v) is 8.65. The zero-order chi connectivity index (χ0) is 25.5. The number of amides is 2. The monoisotopic (exact) mass is 515 g/mol. The molecule has 1 atom stereocenters. The van der Waals surface area contributed by atoms with Gasteiger partial charge in [-0.05, 0) is 48.4 Å². The van der Waals surface area contributed by atoms with Crippen molar-refractivity contribution >= 4 is 47.2 Å². The van der Waals surface area contributed by atoms with Gasteiger partial charge in [-0.1, -0.05) is 49.2 Å². The van der Waals surface area contributed by atoms with Crippen molar-refractivity contribution in [1.29, 1.82) is 0 Å². The van der Waals surface area contributed by atoms with E-state index in [-0.39, 0.29) is 16.5 Å². The van der Waals surface area contributed by atoms with Crippen LogP contribution in [-0.2, 0) is 9.53 Å². The van der Waals surface area contributed by atoms with Gasteiger partial charge in [0.1, 0.15) is 17.6 Å². The Morgan fingerprint density at radius 3 is 2.46 bits per heavy atom. The van der Waals surface area contributed by atoms with E-state index < -0.39 is 23.8 Å². The van der Waals surface area contributed by atoms with Gasteiger partial charge in [0, 0.05) is 11.1 Å². The lowest BCUT2D eigenvalue weighted by Crippen LogP contribution is -2.48. The van der Waals surface area contributed by atoms with E-state index in [1.54, 1.807) is 50.2 Å². The highest BCUT2D eigenvalue weighted by atomic mass is 35.5. The first kappa shape index (κ1) is 26.0. The predicted molar refractivity (Wildman–Crippen MR) is 134 cm³/mol. The topological polar surface area (TPSA) is 110 Å². The summed E-state index contributed by atoms with van der Waals surface area (Å²) in [6.45, 7) is 3.59. The third-order valence-corrected chi connectivity index (χ3v) is 5.72. The predicted octanol–water partition coefficient (Wildman–Crippen LogP) is 4.94. The van der Waals surface area contributed by atoms with Gasteiger partial charge in [-0.3, -0.25) is 9.59 Å². The molecule has 0 saturated heterocycles. The first-order valence-electron chi connectivity index (χ1n) is 10.6. The maximum Gasteiger partial charge on any atom is 0.337 e.